The van der Waals surface area contributed by atoms with Gasteiger partial charge in [0.05, 0.1) is 0 Å². The minimum Gasteiger partial charge on any atom is -0.300 e. The molecule has 1 unspecified atom stereocenters. The Morgan fingerprint density at radius 2 is 1.29 bits per heavy atom. The smallest absolute Gasteiger partial charge is 0.0195 e. The van der Waals surface area contributed by atoms with E-state index < -0.39 is 0 Å². The van der Waals surface area contributed by atoms with Crippen molar-refractivity contribution in [1.29, 1.82) is 0 Å². The van der Waals surface area contributed by atoms with E-state index in [4.69, 9.17) is 0 Å². The maximum Gasteiger partial charge on any atom is 0.0195 e. The van der Waals surface area contributed by atoms with Gasteiger partial charge in [0.25, 0.3) is 0 Å². The molecule has 122 valence electrons. The van der Waals surface area contributed by atoms with Gasteiger partial charge in [0.1, 0.15) is 0 Å². The second-order valence-electron chi connectivity index (χ2n) is 8.11. The van der Waals surface area contributed by atoms with Crippen LogP contribution < -0.4 is 0 Å². The fourth-order valence-corrected chi connectivity index (χ4v) is 4.94. The van der Waals surface area contributed by atoms with E-state index in [1.54, 1.807) is 0 Å². The van der Waals surface area contributed by atoms with Crippen LogP contribution in [0, 0.1) is 11.8 Å². The van der Waals surface area contributed by atoms with Gasteiger partial charge in [-0.15, -0.1) is 0 Å². The average molecular weight is 293 g/mol. The summed E-state index contributed by atoms with van der Waals surface area (Å²) < 4.78 is 0. The molecule has 2 saturated carbocycles. The highest BCUT2D eigenvalue weighted by Crippen LogP contribution is 2.27. The van der Waals surface area contributed by atoms with E-state index in [0.717, 1.165) is 17.9 Å². The van der Waals surface area contributed by atoms with Crippen molar-refractivity contribution in [3.8, 4) is 0 Å². The summed E-state index contributed by atoms with van der Waals surface area (Å²) in [6.07, 6.45) is 14.9. The van der Waals surface area contributed by atoms with E-state index in [1.165, 1.54) is 96.9 Å². The zero-order valence-corrected chi connectivity index (χ0v) is 14.2. The molecule has 0 amide bonds. The van der Waals surface area contributed by atoms with Gasteiger partial charge in [-0.3, -0.25) is 4.90 Å². The quantitative estimate of drug-likeness (QED) is 0.768. The molecule has 0 aromatic heterocycles. The van der Waals surface area contributed by atoms with Crippen LogP contribution in [-0.4, -0.2) is 48.6 Å². The third kappa shape index (κ3) is 4.69. The highest BCUT2D eigenvalue weighted by atomic mass is 15.3. The van der Waals surface area contributed by atoms with Crippen molar-refractivity contribution < 1.29 is 0 Å². The molecule has 0 spiro atoms. The summed E-state index contributed by atoms with van der Waals surface area (Å²) in [5, 5.41) is 0. The first-order valence-corrected chi connectivity index (χ1v) is 9.77. The lowest BCUT2D eigenvalue weighted by atomic mass is 9.88. The van der Waals surface area contributed by atoms with Crippen molar-refractivity contribution in [1.82, 2.24) is 9.80 Å². The molecule has 0 bridgehead atoms. The molecular formula is C19H36N2. The molecule has 2 nitrogen and oxygen atoms in total. The lowest BCUT2D eigenvalue weighted by Gasteiger charge is -2.43. The second kappa shape index (κ2) is 7.97. The predicted octanol–water partition coefficient (Wildman–Crippen LogP) is 4.15. The summed E-state index contributed by atoms with van der Waals surface area (Å²) in [5.41, 5.74) is 0. The van der Waals surface area contributed by atoms with E-state index in [9.17, 15) is 0 Å². The summed E-state index contributed by atoms with van der Waals surface area (Å²) in [6, 6.07) is 0.782. The largest absolute Gasteiger partial charge is 0.300 e. The molecular weight excluding hydrogens is 256 g/mol. The topological polar surface area (TPSA) is 6.48 Å². The van der Waals surface area contributed by atoms with Gasteiger partial charge in [0.2, 0.25) is 0 Å². The van der Waals surface area contributed by atoms with Crippen LogP contribution >= 0.6 is 0 Å². The second-order valence-corrected chi connectivity index (χ2v) is 8.11. The molecule has 3 aliphatic rings. The SMILES string of the molecule is CC1CN(CC2CCCCC2)CCN1CC1CCCCC1. The van der Waals surface area contributed by atoms with E-state index >= 15 is 0 Å². The maximum absolute atomic E-state index is 2.80. The van der Waals surface area contributed by atoms with Crippen molar-refractivity contribution >= 4 is 0 Å². The Morgan fingerprint density at radius 1 is 0.714 bits per heavy atom. The van der Waals surface area contributed by atoms with Gasteiger partial charge in [0, 0.05) is 38.8 Å². The number of nitrogens with zero attached hydrogens (tertiary/aromatic N) is 2. The van der Waals surface area contributed by atoms with Gasteiger partial charge < -0.3 is 4.90 Å². The standard InChI is InChI=1S/C19H36N2/c1-17-14-20(15-18-8-4-2-5-9-18)12-13-21(17)16-19-10-6-3-7-11-19/h17-19H,2-16H2,1H3. The Hall–Kier alpha value is -0.0800. The van der Waals surface area contributed by atoms with Crippen molar-refractivity contribution in [2.45, 2.75) is 77.2 Å². The van der Waals surface area contributed by atoms with Crippen molar-refractivity contribution in [2.75, 3.05) is 32.7 Å². The summed E-state index contributed by atoms with van der Waals surface area (Å²) in [6.45, 7) is 9.22. The molecule has 1 atom stereocenters. The van der Waals surface area contributed by atoms with Crippen LogP contribution in [0.2, 0.25) is 0 Å². The molecule has 1 saturated heterocycles. The lowest BCUT2D eigenvalue weighted by molar-refractivity contribution is 0.0529. The third-order valence-electron chi connectivity index (χ3n) is 6.31. The minimum atomic E-state index is 0.782. The minimum absolute atomic E-state index is 0.782. The maximum atomic E-state index is 2.80. The van der Waals surface area contributed by atoms with Crippen molar-refractivity contribution in [3.63, 3.8) is 0 Å². The Balaban J connectivity index is 1.40. The third-order valence-corrected chi connectivity index (χ3v) is 6.31. The summed E-state index contributed by atoms with van der Waals surface area (Å²) in [7, 11) is 0. The predicted molar refractivity (Wildman–Crippen MR) is 90.6 cm³/mol. The van der Waals surface area contributed by atoms with Crippen LogP contribution in [0.5, 0.6) is 0 Å². The average Bonchev–Trinajstić information content (AvgIpc) is 2.52. The van der Waals surface area contributed by atoms with E-state index in [-0.39, 0.29) is 0 Å². The Labute approximate surface area is 132 Å². The molecule has 2 heteroatoms. The Morgan fingerprint density at radius 3 is 1.86 bits per heavy atom. The molecule has 3 fully saturated rings. The summed E-state index contributed by atoms with van der Waals surface area (Å²) in [5.74, 6) is 2.02. The number of rotatable bonds is 4. The molecule has 1 heterocycles. The Kier molecular flexibility index (Phi) is 5.99. The zero-order chi connectivity index (χ0) is 14.5. The van der Waals surface area contributed by atoms with Gasteiger partial charge in [-0.2, -0.15) is 0 Å². The van der Waals surface area contributed by atoms with Crippen LogP contribution in [-0.2, 0) is 0 Å². The van der Waals surface area contributed by atoms with Crippen LogP contribution in [0.1, 0.15) is 71.1 Å². The lowest BCUT2D eigenvalue weighted by Crippen LogP contribution is -2.54. The zero-order valence-electron chi connectivity index (χ0n) is 14.2. The normalized spacial score (nSPS) is 31.6. The van der Waals surface area contributed by atoms with Gasteiger partial charge in [-0.1, -0.05) is 38.5 Å². The number of hydrogen-bond acceptors (Lipinski definition) is 2. The molecule has 0 aromatic rings. The molecule has 2 aliphatic carbocycles. The molecule has 0 N–H and O–H groups in total. The summed E-state index contributed by atoms with van der Waals surface area (Å²) >= 11 is 0. The van der Waals surface area contributed by atoms with Gasteiger partial charge in [-0.05, 0) is 44.4 Å². The van der Waals surface area contributed by atoms with Crippen molar-refractivity contribution in [3.05, 3.63) is 0 Å². The van der Waals surface area contributed by atoms with E-state index in [0.29, 0.717) is 0 Å². The summed E-state index contributed by atoms with van der Waals surface area (Å²) in [4.78, 5) is 5.57. The van der Waals surface area contributed by atoms with Crippen LogP contribution in [0.25, 0.3) is 0 Å². The van der Waals surface area contributed by atoms with Crippen LogP contribution in [0.3, 0.4) is 0 Å². The van der Waals surface area contributed by atoms with Gasteiger partial charge in [-0.25, -0.2) is 0 Å². The Bertz CT molecular complexity index is 292. The first-order chi connectivity index (χ1) is 10.3. The van der Waals surface area contributed by atoms with Crippen LogP contribution in [0.15, 0.2) is 0 Å². The molecule has 1 aliphatic heterocycles. The highest BCUT2D eigenvalue weighted by molar-refractivity contribution is 4.83. The highest BCUT2D eigenvalue weighted by Gasteiger charge is 2.27. The van der Waals surface area contributed by atoms with E-state index in [1.807, 2.05) is 0 Å². The molecule has 21 heavy (non-hydrogen) atoms. The van der Waals surface area contributed by atoms with Gasteiger partial charge in [0.15, 0.2) is 0 Å². The van der Waals surface area contributed by atoms with Crippen LogP contribution in [0.4, 0.5) is 0 Å². The molecule has 0 aromatic carbocycles. The van der Waals surface area contributed by atoms with Gasteiger partial charge >= 0.3 is 0 Å². The number of hydrogen-bond donors (Lipinski definition) is 0. The van der Waals surface area contributed by atoms with E-state index in [2.05, 4.69) is 16.7 Å². The fraction of sp³-hybridized carbons (Fsp3) is 1.00. The fourth-order valence-electron chi connectivity index (χ4n) is 4.94. The first-order valence-electron chi connectivity index (χ1n) is 9.77. The molecule has 0 radical (unpaired) electrons. The molecule has 3 rings (SSSR count). The monoisotopic (exact) mass is 292 g/mol. The number of piperazine rings is 1. The first kappa shape index (κ1) is 15.8. The van der Waals surface area contributed by atoms with Crippen molar-refractivity contribution in [2.24, 2.45) is 11.8 Å².